The third-order valence-corrected chi connectivity index (χ3v) is 5.96. The maximum Gasteiger partial charge on any atom is 0.256 e. The van der Waals surface area contributed by atoms with Crippen LogP contribution in [0.2, 0.25) is 0 Å². The molecule has 0 aliphatic carbocycles. The van der Waals surface area contributed by atoms with Crippen LogP contribution < -0.4 is 5.32 Å². The average Bonchev–Trinajstić information content (AvgIpc) is 3.26. The molecule has 2 aromatic heterocycles. The lowest BCUT2D eigenvalue weighted by molar-refractivity contribution is 0.102. The Balaban J connectivity index is 1.72. The molecule has 31 heavy (non-hydrogen) atoms. The van der Waals surface area contributed by atoms with E-state index in [1.807, 2.05) is 36.4 Å². The number of carbonyl (C=O) groups is 1. The molecule has 3 N–H and O–H groups in total. The summed E-state index contributed by atoms with van der Waals surface area (Å²) < 4.78 is 0. The van der Waals surface area contributed by atoms with E-state index in [0.717, 1.165) is 21.6 Å². The fraction of sp³-hybridized carbons (Fsp3) is 0.125. The second-order valence-corrected chi connectivity index (χ2v) is 8.04. The van der Waals surface area contributed by atoms with Gasteiger partial charge in [0, 0.05) is 17.3 Å². The minimum absolute atomic E-state index is 0.0680. The molecular weight excluding hydrogens is 410 g/mol. The standard InChI is InChI=1S/C24H21N3O3S/c1-15(29)24-27-21(18-9-5-6-16(12-18)14-28)22(31-24)19-10-11-25-20(13-19)26-23(30)17-7-3-2-4-8-17/h2-13,15,28-29H,14H2,1H3,(H,25,26,30). The number of pyridine rings is 1. The van der Waals surface area contributed by atoms with Gasteiger partial charge in [-0.05, 0) is 48.4 Å². The van der Waals surface area contributed by atoms with Gasteiger partial charge in [-0.1, -0.05) is 36.4 Å². The molecule has 7 heteroatoms. The zero-order valence-corrected chi connectivity index (χ0v) is 17.6. The third-order valence-electron chi connectivity index (χ3n) is 4.68. The number of hydrogen-bond acceptors (Lipinski definition) is 6. The van der Waals surface area contributed by atoms with Gasteiger partial charge in [-0.3, -0.25) is 4.79 Å². The fourth-order valence-electron chi connectivity index (χ4n) is 3.14. The Hall–Kier alpha value is -3.39. The van der Waals surface area contributed by atoms with Gasteiger partial charge in [-0.15, -0.1) is 11.3 Å². The van der Waals surface area contributed by atoms with Gasteiger partial charge in [0.1, 0.15) is 16.9 Å². The molecule has 6 nitrogen and oxygen atoms in total. The molecular formula is C24H21N3O3S. The van der Waals surface area contributed by atoms with Gasteiger partial charge in [0.2, 0.25) is 0 Å². The number of nitrogens with zero attached hydrogens (tertiary/aromatic N) is 2. The molecule has 0 radical (unpaired) electrons. The lowest BCUT2D eigenvalue weighted by Gasteiger charge is -2.08. The summed E-state index contributed by atoms with van der Waals surface area (Å²) in [4.78, 5) is 22.3. The first-order valence-electron chi connectivity index (χ1n) is 9.77. The molecule has 0 saturated carbocycles. The van der Waals surface area contributed by atoms with Crippen molar-refractivity contribution < 1.29 is 15.0 Å². The van der Waals surface area contributed by atoms with Crippen LogP contribution in [0.3, 0.4) is 0 Å². The molecule has 0 aliphatic heterocycles. The van der Waals surface area contributed by atoms with Gasteiger partial charge in [0.25, 0.3) is 5.91 Å². The van der Waals surface area contributed by atoms with E-state index in [4.69, 9.17) is 0 Å². The highest BCUT2D eigenvalue weighted by atomic mass is 32.1. The first kappa shape index (κ1) is 20.9. The molecule has 4 aromatic rings. The Morgan fingerprint density at radius 2 is 1.87 bits per heavy atom. The summed E-state index contributed by atoms with van der Waals surface area (Å²) >= 11 is 1.39. The van der Waals surface area contributed by atoms with Crippen LogP contribution in [0.4, 0.5) is 5.82 Å². The van der Waals surface area contributed by atoms with Crippen molar-refractivity contribution in [3.8, 4) is 21.7 Å². The second kappa shape index (κ2) is 9.18. The molecule has 1 amide bonds. The zero-order valence-electron chi connectivity index (χ0n) is 16.8. The van der Waals surface area contributed by atoms with Crippen LogP contribution >= 0.6 is 11.3 Å². The monoisotopic (exact) mass is 431 g/mol. The molecule has 1 atom stereocenters. The maximum absolute atomic E-state index is 12.5. The number of aromatic nitrogens is 2. The number of benzene rings is 2. The fourth-order valence-corrected chi connectivity index (χ4v) is 4.16. The van der Waals surface area contributed by atoms with E-state index in [1.165, 1.54) is 11.3 Å². The number of amides is 1. The number of carbonyl (C=O) groups excluding carboxylic acids is 1. The van der Waals surface area contributed by atoms with E-state index in [1.54, 1.807) is 43.5 Å². The Morgan fingerprint density at radius 3 is 2.61 bits per heavy atom. The molecule has 156 valence electrons. The summed E-state index contributed by atoms with van der Waals surface area (Å²) in [6.45, 7) is 1.61. The zero-order chi connectivity index (χ0) is 21.8. The van der Waals surface area contributed by atoms with Crippen LogP contribution in [0.25, 0.3) is 21.7 Å². The lowest BCUT2D eigenvalue weighted by Crippen LogP contribution is -2.12. The third kappa shape index (κ3) is 4.69. The number of thiazole rings is 1. The van der Waals surface area contributed by atoms with Crippen molar-refractivity contribution in [1.82, 2.24) is 9.97 Å². The van der Waals surface area contributed by atoms with Crippen LogP contribution in [0, 0.1) is 0 Å². The Bertz CT molecular complexity index is 1210. The number of anilines is 1. The van der Waals surface area contributed by atoms with Gasteiger partial charge < -0.3 is 15.5 Å². The van der Waals surface area contributed by atoms with Crippen molar-refractivity contribution >= 4 is 23.1 Å². The van der Waals surface area contributed by atoms with E-state index < -0.39 is 6.10 Å². The van der Waals surface area contributed by atoms with Crippen LogP contribution in [0.15, 0.2) is 72.9 Å². The highest BCUT2D eigenvalue weighted by molar-refractivity contribution is 7.15. The van der Waals surface area contributed by atoms with Crippen molar-refractivity contribution in [2.75, 3.05) is 5.32 Å². The van der Waals surface area contributed by atoms with E-state index in [2.05, 4.69) is 15.3 Å². The lowest BCUT2D eigenvalue weighted by atomic mass is 10.0. The molecule has 0 fully saturated rings. The predicted molar refractivity (Wildman–Crippen MR) is 122 cm³/mol. The van der Waals surface area contributed by atoms with Crippen molar-refractivity contribution in [2.24, 2.45) is 0 Å². The Kier molecular flexibility index (Phi) is 6.18. The normalized spacial score (nSPS) is 11.8. The average molecular weight is 432 g/mol. The molecule has 0 aliphatic rings. The van der Waals surface area contributed by atoms with Crippen molar-refractivity contribution in [2.45, 2.75) is 19.6 Å². The van der Waals surface area contributed by atoms with Crippen LogP contribution in [-0.2, 0) is 6.61 Å². The van der Waals surface area contributed by atoms with Crippen LogP contribution in [0.1, 0.15) is 34.0 Å². The van der Waals surface area contributed by atoms with E-state index in [0.29, 0.717) is 22.1 Å². The summed E-state index contributed by atoms with van der Waals surface area (Å²) in [5.74, 6) is 0.184. The first-order chi connectivity index (χ1) is 15.0. The van der Waals surface area contributed by atoms with Crippen molar-refractivity contribution in [3.05, 3.63) is 89.1 Å². The molecule has 0 saturated heterocycles. The quantitative estimate of drug-likeness (QED) is 0.412. The van der Waals surface area contributed by atoms with Gasteiger partial charge in [0.05, 0.1) is 17.2 Å². The van der Waals surface area contributed by atoms with E-state index >= 15 is 0 Å². The number of aliphatic hydroxyl groups is 2. The molecule has 0 spiro atoms. The summed E-state index contributed by atoms with van der Waals surface area (Å²) in [5.41, 5.74) is 3.71. The predicted octanol–water partition coefficient (Wildman–Crippen LogP) is 4.67. The van der Waals surface area contributed by atoms with E-state index in [-0.39, 0.29) is 12.5 Å². The summed E-state index contributed by atoms with van der Waals surface area (Å²) in [6, 6.07) is 20.1. The number of nitrogens with one attached hydrogen (secondary N) is 1. The highest BCUT2D eigenvalue weighted by Gasteiger charge is 2.18. The SMILES string of the molecule is CC(O)c1nc(-c2cccc(CO)c2)c(-c2ccnc(NC(=O)c3ccccc3)c2)s1. The smallest absolute Gasteiger partial charge is 0.256 e. The maximum atomic E-state index is 12.5. The molecule has 2 aromatic carbocycles. The van der Waals surface area contributed by atoms with Crippen molar-refractivity contribution in [3.63, 3.8) is 0 Å². The van der Waals surface area contributed by atoms with Gasteiger partial charge in [-0.25, -0.2) is 9.97 Å². The number of rotatable bonds is 6. The molecule has 2 heterocycles. The van der Waals surface area contributed by atoms with Crippen LogP contribution in [0.5, 0.6) is 0 Å². The first-order valence-corrected chi connectivity index (χ1v) is 10.6. The Labute approximate surface area is 183 Å². The highest BCUT2D eigenvalue weighted by Crippen LogP contribution is 2.39. The van der Waals surface area contributed by atoms with Gasteiger partial charge >= 0.3 is 0 Å². The largest absolute Gasteiger partial charge is 0.392 e. The van der Waals surface area contributed by atoms with Crippen LogP contribution in [-0.4, -0.2) is 26.1 Å². The molecule has 0 bridgehead atoms. The Morgan fingerprint density at radius 1 is 1.06 bits per heavy atom. The summed E-state index contributed by atoms with van der Waals surface area (Å²) in [5, 5.41) is 23.0. The van der Waals surface area contributed by atoms with E-state index in [9.17, 15) is 15.0 Å². The van der Waals surface area contributed by atoms with Gasteiger partial charge in [-0.2, -0.15) is 0 Å². The summed E-state index contributed by atoms with van der Waals surface area (Å²) in [6.07, 6.45) is 0.920. The number of aliphatic hydroxyl groups excluding tert-OH is 2. The molecule has 1 unspecified atom stereocenters. The second-order valence-electron chi connectivity index (χ2n) is 7.01. The summed E-state index contributed by atoms with van der Waals surface area (Å²) in [7, 11) is 0. The topological polar surface area (TPSA) is 95.3 Å². The number of hydrogen-bond donors (Lipinski definition) is 3. The van der Waals surface area contributed by atoms with Gasteiger partial charge in [0.15, 0.2) is 0 Å². The van der Waals surface area contributed by atoms with Crippen molar-refractivity contribution in [1.29, 1.82) is 0 Å². The minimum Gasteiger partial charge on any atom is -0.392 e. The minimum atomic E-state index is -0.711. The molecule has 4 rings (SSSR count).